The minimum atomic E-state index is -0.249. The molecule has 1 heterocycles. The highest BCUT2D eigenvalue weighted by Crippen LogP contribution is 2.32. The Labute approximate surface area is 206 Å². The third-order valence-electron chi connectivity index (χ3n) is 4.92. The van der Waals surface area contributed by atoms with Gasteiger partial charge in [-0.1, -0.05) is 30.3 Å². The molecule has 0 spiro atoms. The highest BCUT2D eigenvalue weighted by molar-refractivity contribution is 14.1. The lowest BCUT2D eigenvalue weighted by Gasteiger charge is -2.08. The third kappa shape index (κ3) is 4.49. The van der Waals surface area contributed by atoms with E-state index in [0.717, 1.165) is 24.4 Å². The molecule has 0 fully saturated rings. The van der Waals surface area contributed by atoms with E-state index in [1.165, 1.54) is 0 Å². The molecule has 4 aromatic carbocycles. The van der Waals surface area contributed by atoms with Crippen molar-refractivity contribution in [3.63, 3.8) is 0 Å². The van der Waals surface area contributed by atoms with Crippen LogP contribution in [0.1, 0.15) is 0 Å². The zero-order chi connectivity index (χ0) is 22.1. The molecule has 158 valence electrons. The van der Waals surface area contributed by atoms with E-state index >= 15 is 0 Å². The summed E-state index contributed by atoms with van der Waals surface area (Å²) in [6, 6.07) is 25.1. The number of hydrogen-bond donors (Lipinski definition) is 1. The normalized spacial score (nSPS) is 11.1. The average Bonchev–Trinajstić information content (AvgIpc) is 3.22. The Morgan fingerprint density at radius 1 is 1.00 bits per heavy atom. The maximum atomic E-state index is 12.4. The van der Waals surface area contributed by atoms with Gasteiger partial charge in [-0.25, -0.2) is 4.98 Å². The van der Waals surface area contributed by atoms with Crippen LogP contribution in [0.15, 0.2) is 87.8 Å². The molecule has 0 aliphatic carbocycles. The van der Waals surface area contributed by atoms with E-state index in [0.29, 0.717) is 28.4 Å². The fraction of sp³-hybridized carbons (Fsp3) is 0.0400. The van der Waals surface area contributed by atoms with Gasteiger partial charge in [-0.15, -0.1) is 0 Å². The summed E-state index contributed by atoms with van der Waals surface area (Å²) in [6.07, 6.45) is 0. The van der Waals surface area contributed by atoms with E-state index in [1.807, 2.05) is 60.7 Å². The molecular weight excluding hydrogens is 583 g/mol. The van der Waals surface area contributed by atoms with Crippen LogP contribution >= 0.6 is 38.5 Å². The minimum Gasteiger partial charge on any atom is -0.484 e. The number of carbonyl (C=O) groups is 1. The molecule has 0 saturated heterocycles. The lowest BCUT2D eigenvalue weighted by atomic mass is 10.1. The van der Waals surface area contributed by atoms with Crippen molar-refractivity contribution >= 4 is 72.0 Å². The summed E-state index contributed by atoms with van der Waals surface area (Å²) in [6.45, 7) is -0.0875. The summed E-state index contributed by atoms with van der Waals surface area (Å²) in [5, 5.41) is 5.05. The monoisotopic (exact) mass is 598 g/mol. The first-order chi connectivity index (χ1) is 15.5. The van der Waals surface area contributed by atoms with Gasteiger partial charge < -0.3 is 14.5 Å². The molecule has 5 nitrogen and oxygen atoms in total. The van der Waals surface area contributed by atoms with Crippen LogP contribution in [0.25, 0.3) is 33.3 Å². The van der Waals surface area contributed by atoms with Crippen LogP contribution in [0.3, 0.4) is 0 Å². The first-order valence-electron chi connectivity index (χ1n) is 9.83. The van der Waals surface area contributed by atoms with Crippen molar-refractivity contribution in [1.29, 1.82) is 0 Å². The molecule has 32 heavy (non-hydrogen) atoms. The van der Waals surface area contributed by atoms with Gasteiger partial charge in [0.2, 0.25) is 5.89 Å². The van der Waals surface area contributed by atoms with Gasteiger partial charge in [-0.2, -0.15) is 0 Å². The van der Waals surface area contributed by atoms with Crippen LogP contribution in [0.5, 0.6) is 5.75 Å². The predicted octanol–water partition coefficient (Wildman–Crippen LogP) is 7.03. The lowest BCUT2D eigenvalue weighted by molar-refractivity contribution is -0.118. The van der Waals surface area contributed by atoms with E-state index in [-0.39, 0.29) is 12.5 Å². The summed E-state index contributed by atoms with van der Waals surface area (Å²) in [4.78, 5) is 17.0. The highest BCUT2D eigenvalue weighted by Gasteiger charge is 2.13. The third-order valence-corrected chi connectivity index (χ3v) is 6.28. The number of amides is 1. The Morgan fingerprint density at radius 2 is 1.84 bits per heavy atom. The Morgan fingerprint density at radius 3 is 2.72 bits per heavy atom. The molecule has 0 bridgehead atoms. The predicted molar refractivity (Wildman–Crippen MR) is 138 cm³/mol. The fourth-order valence-corrected chi connectivity index (χ4v) is 4.29. The van der Waals surface area contributed by atoms with Gasteiger partial charge in [0.15, 0.2) is 12.2 Å². The molecule has 1 amide bonds. The number of ether oxygens (including phenoxy) is 1. The van der Waals surface area contributed by atoms with Gasteiger partial charge in [0.1, 0.15) is 11.3 Å². The average molecular weight is 599 g/mol. The van der Waals surface area contributed by atoms with Gasteiger partial charge >= 0.3 is 0 Å². The van der Waals surface area contributed by atoms with Gasteiger partial charge in [-0.05, 0) is 97.8 Å². The van der Waals surface area contributed by atoms with E-state index in [4.69, 9.17) is 9.15 Å². The van der Waals surface area contributed by atoms with Crippen molar-refractivity contribution in [2.45, 2.75) is 0 Å². The Bertz CT molecular complexity index is 1460. The second-order valence-corrected chi connectivity index (χ2v) is 9.27. The molecule has 0 aliphatic heterocycles. The maximum Gasteiger partial charge on any atom is 0.262 e. The lowest BCUT2D eigenvalue weighted by Crippen LogP contribution is -2.20. The summed E-state index contributed by atoms with van der Waals surface area (Å²) in [5.74, 6) is 0.925. The van der Waals surface area contributed by atoms with Gasteiger partial charge in [-0.3, -0.25) is 4.79 Å². The smallest absolute Gasteiger partial charge is 0.262 e. The SMILES string of the molecule is O=C(COc1ccc2ccccc2c1)Nc1ccc2oc(-c3cc(I)ccc3Br)nc2c1. The largest absolute Gasteiger partial charge is 0.484 e. The molecule has 1 N–H and O–H groups in total. The van der Waals surface area contributed by atoms with E-state index < -0.39 is 0 Å². The van der Waals surface area contributed by atoms with Crippen LogP contribution in [-0.4, -0.2) is 17.5 Å². The summed E-state index contributed by atoms with van der Waals surface area (Å²) >= 11 is 5.80. The summed E-state index contributed by atoms with van der Waals surface area (Å²) < 4.78 is 13.6. The molecule has 0 saturated carbocycles. The molecule has 1 aromatic heterocycles. The van der Waals surface area contributed by atoms with Gasteiger partial charge in [0, 0.05) is 13.7 Å². The number of carbonyl (C=O) groups excluding carboxylic acids is 1. The molecule has 7 heteroatoms. The van der Waals surface area contributed by atoms with Crippen molar-refractivity contribution in [3.05, 3.63) is 86.9 Å². The molecule has 0 radical (unpaired) electrons. The zero-order valence-electron chi connectivity index (χ0n) is 16.6. The summed E-state index contributed by atoms with van der Waals surface area (Å²) in [7, 11) is 0. The van der Waals surface area contributed by atoms with Crippen molar-refractivity contribution in [2.24, 2.45) is 0 Å². The molecule has 0 atom stereocenters. The second-order valence-electron chi connectivity index (χ2n) is 7.17. The van der Waals surface area contributed by atoms with Gasteiger partial charge in [0.25, 0.3) is 5.91 Å². The molecular formula is C25H16BrIN2O3. The number of halogens is 2. The molecule has 5 aromatic rings. The number of anilines is 1. The standard InChI is InChI=1S/C25H16BrIN2O3/c26-21-9-6-17(27)12-20(21)25-29-22-13-18(7-10-23(22)32-25)28-24(30)14-31-19-8-5-15-3-1-2-4-16(15)11-19/h1-13H,14H2,(H,28,30). The number of nitrogens with zero attached hydrogens (tertiary/aromatic N) is 1. The van der Waals surface area contributed by atoms with Crippen molar-refractivity contribution in [3.8, 4) is 17.2 Å². The Hall–Kier alpha value is -2.91. The number of oxazole rings is 1. The Balaban J connectivity index is 1.29. The van der Waals surface area contributed by atoms with Crippen molar-refractivity contribution in [1.82, 2.24) is 4.98 Å². The number of nitrogens with one attached hydrogen (secondary N) is 1. The number of benzene rings is 4. The fourth-order valence-electron chi connectivity index (χ4n) is 3.38. The van der Waals surface area contributed by atoms with Crippen LogP contribution < -0.4 is 10.1 Å². The van der Waals surface area contributed by atoms with Crippen LogP contribution in [0, 0.1) is 3.57 Å². The van der Waals surface area contributed by atoms with Crippen LogP contribution in [0.4, 0.5) is 5.69 Å². The highest BCUT2D eigenvalue weighted by atomic mass is 127. The van der Waals surface area contributed by atoms with Crippen LogP contribution in [-0.2, 0) is 4.79 Å². The van der Waals surface area contributed by atoms with E-state index in [2.05, 4.69) is 48.8 Å². The van der Waals surface area contributed by atoms with Crippen molar-refractivity contribution < 1.29 is 13.9 Å². The topological polar surface area (TPSA) is 64.4 Å². The van der Waals surface area contributed by atoms with Crippen molar-refractivity contribution in [2.75, 3.05) is 11.9 Å². The van der Waals surface area contributed by atoms with Gasteiger partial charge in [0.05, 0.1) is 5.56 Å². The molecule has 0 aliphatic rings. The molecule has 0 unspecified atom stereocenters. The Kier molecular flexibility index (Phi) is 5.84. The zero-order valence-corrected chi connectivity index (χ0v) is 20.4. The maximum absolute atomic E-state index is 12.4. The number of hydrogen-bond acceptors (Lipinski definition) is 4. The summed E-state index contributed by atoms with van der Waals surface area (Å²) in [5.41, 5.74) is 2.82. The first kappa shape index (κ1) is 21.0. The first-order valence-corrected chi connectivity index (χ1v) is 11.7. The second kappa shape index (κ2) is 8.91. The van der Waals surface area contributed by atoms with E-state index in [9.17, 15) is 4.79 Å². The minimum absolute atomic E-state index is 0.0875. The quantitative estimate of drug-likeness (QED) is 0.221. The molecule has 5 rings (SSSR count). The van der Waals surface area contributed by atoms with Crippen LogP contribution in [0.2, 0.25) is 0 Å². The number of aromatic nitrogens is 1. The van der Waals surface area contributed by atoms with E-state index in [1.54, 1.807) is 18.2 Å². The number of rotatable bonds is 5. The number of fused-ring (bicyclic) bond motifs is 2.